The summed E-state index contributed by atoms with van der Waals surface area (Å²) in [4.78, 5) is 12.1. The van der Waals surface area contributed by atoms with Gasteiger partial charge < -0.3 is 24.7 Å². The van der Waals surface area contributed by atoms with Crippen molar-refractivity contribution in [2.45, 2.75) is 38.9 Å². The first-order valence-electron chi connectivity index (χ1n) is 9.14. The predicted molar refractivity (Wildman–Crippen MR) is 112 cm³/mol. The number of aromatic nitrogens is 2. The fourth-order valence-electron chi connectivity index (χ4n) is 2.93. The highest BCUT2D eigenvalue weighted by Gasteiger charge is 2.52. The topological polar surface area (TPSA) is 94.6 Å². The van der Waals surface area contributed by atoms with Crippen molar-refractivity contribution in [3.63, 3.8) is 0 Å². The third-order valence-electron chi connectivity index (χ3n) is 5.23. The maximum absolute atomic E-state index is 12.1. The van der Waals surface area contributed by atoms with Crippen LogP contribution in [-0.4, -0.2) is 48.6 Å². The number of halogens is 1. The van der Waals surface area contributed by atoms with Crippen molar-refractivity contribution in [2.24, 2.45) is 0 Å². The molecule has 0 bridgehead atoms. The number of benzene rings is 1. The number of carbonyl (C=O) groups excluding carboxylic acids is 1. The van der Waals surface area contributed by atoms with Crippen LogP contribution in [0.1, 0.15) is 38.2 Å². The van der Waals surface area contributed by atoms with Crippen LogP contribution >= 0.6 is 11.6 Å². The summed E-state index contributed by atoms with van der Waals surface area (Å²) in [6, 6.07) is 7.07. The van der Waals surface area contributed by atoms with Gasteiger partial charge >= 0.3 is 7.12 Å². The maximum atomic E-state index is 12.1. The van der Waals surface area contributed by atoms with Crippen LogP contribution in [-0.2, 0) is 9.31 Å². The molecule has 0 spiro atoms. The zero-order chi connectivity index (χ0) is 21.4. The lowest BCUT2D eigenvalue weighted by Gasteiger charge is -2.32. The summed E-state index contributed by atoms with van der Waals surface area (Å²) >= 11 is 5.99. The number of amides is 1. The van der Waals surface area contributed by atoms with Crippen molar-refractivity contribution in [3.05, 3.63) is 35.1 Å². The van der Waals surface area contributed by atoms with E-state index in [1.165, 1.54) is 13.1 Å². The molecule has 1 aromatic carbocycles. The van der Waals surface area contributed by atoms with Gasteiger partial charge in [0.1, 0.15) is 5.75 Å². The summed E-state index contributed by atoms with van der Waals surface area (Å²) in [6.07, 6.45) is 0. The number of ether oxygens (including phenoxy) is 1. The molecule has 1 aromatic heterocycles. The molecular weight excluding hydrogens is 394 g/mol. The third-order valence-corrected chi connectivity index (χ3v) is 5.42. The zero-order valence-electron chi connectivity index (χ0n) is 17.3. The van der Waals surface area contributed by atoms with E-state index in [-0.39, 0.29) is 10.8 Å². The molecule has 29 heavy (non-hydrogen) atoms. The van der Waals surface area contributed by atoms with E-state index in [9.17, 15) is 4.79 Å². The van der Waals surface area contributed by atoms with E-state index >= 15 is 0 Å². The summed E-state index contributed by atoms with van der Waals surface area (Å²) < 4.78 is 18.0. The van der Waals surface area contributed by atoms with Gasteiger partial charge in [0.05, 0.1) is 29.7 Å². The lowest BCUT2D eigenvalue weighted by molar-refractivity contribution is 0.00578. The summed E-state index contributed by atoms with van der Waals surface area (Å²) in [6.45, 7) is 7.95. The average Bonchev–Trinajstić information content (AvgIpc) is 2.88. The minimum absolute atomic E-state index is 0.111. The van der Waals surface area contributed by atoms with Crippen molar-refractivity contribution in [3.8, 4) is 5.75 Å². The minimum Gasteiger partial charge on any atom is -0.495 e. The highest BCUT2D eigenvalue weighted by molar-refractivity contribution is 6.63. The predicted octanol–water partition coefficient (Wildman–Crippen LogP) is 2.54. The second-order valence-corrected chi connectivity index (χ2v) is 8.04. The Balaban J connectivity index is 2.01. The number of para-hydroxylation sites is 1. The molecule has 8 nitrogen and oxygen atoms in total. The molecule has 0 saturated carbocycles. The second-order valence-electron chi connectivity index (χ2n) is 7.65. The molecule has 0 atom stereocenters. The van der Waals surface area contributed by atoms with Crippen molar-refractivity contribution in [1.29, 1.82) is 0 Å². The Bertz CT molecular complexity index is 922. The summed E-state index contributed by atoms with van der Waals surface area (Å²) in [5, 5.41) is 13.5. The second kappa shape index (κ2) is 7.81. The van der Waals surface area contributed by atoms with Gasteiger partial charge in [-0.3, -0.25) is 4.79 Å². The largest absolute Gasteiger partial charge is 0.498 e. The molecule has 1 aliphatic heterocycles. The SMILES string of the molecule is CNC(=O)c1nnc(Cl)cc1Nc1cccc(B2OC(C)(C)C(C)(C)O2)c1OC. The van der Waals surface area contributed by atoms with Gasteiger partial charge in [-0.2, -0.15) is 0 Å². The van der Waals surface area contributed by atoms with Crippen LogP contribution in [0.2, 0.25) is 5.15 Å². The summed E-state index contributed by atoms with van der Waals surface area (Å²) in [5.41, 5.74) is 0.871. The Labute approximate surface area is 175 Å². The Hall–Kier alpha value is -2.36. The van der Waals surface area contributed by atoms with E-state index in [0.717, 1.165) is 5.46 Å². The van der Waals surface area contributed by atoms with E-state index in [2.05, 4.69) is 20.8 Å². The number of carbonyl (C=O) groups is 1. The fraction of sp³-hybridized carbons (Fsp3) is 0.421. The molecule has 154 valence electrons. The molecule has 1 amide bonds. The van der Waals surface area contributed by atoms with E-state index in [1.54, 1.807) is 7.11 Å². The fourth-order valence-corrected chi connectivity index (χ4v) is 3.08. The first kappa shape index (κ1) is 21.4. The van der Waals surface area contributed by atoms with E-state index in [0.29, 0.717) is 17.1 Å². The molecule has 2 N–H and O–H groups in total. The highest BCUT2D eigenvalue weighted by atomic mass is 35.5. The van der Waals surface area contributed by atoms with Crippen LogP contribution < -0.4 is 20.8 Å². The third kappa shape index (κ3) is 4.03. The number of hydrogen-bond acceptors (Lipinski definition) is 7. The van der Waals surface area contributed by atoms with Crippen molar-refractivity contribution in [2.75, 3.05) is 19.5 Å². The molecule has 0 unspecified atom stereocenters. The first-order chi connectivity index (χ1) is 13.6. The van der Waals surface area contributed by atoms with Gasteiger partial charge in [-0.05, 0) is 33.8 Å². The minimum atomic E-state index is -0.603. The Morgan fingerprint density at radius 2 is 1.79 bits per heavy atom. The number of anilines is 2. The zero-order valence-corrected chi connectivity index (χ0v) is 18.0. The highest BCUT2D eigenvalue weighted by Crippen LogP contribution is 2.38. The van der Waals surface area contributed by atoms with Gasteiger partial charge in [-0.25, -0.2) is 0 Å². The summed E-state index contributed by atoms with van der Waals surface area (Å²) in [5.74, 6) is 0.138. The molecule has 0 aliphatic carbocycles. The van der Waals surface area contributed by atoms with Crippen molar-refractivity contribution < 1.29 is 18.8 Å². The Morgan fingerprint density at radius 3 is 2.38 bits per heavy atom. The standard InChI is InChI=1S/C19H24BClN4O4/c1-18(2)19(3,4)29-20(28-18)11-8-7-9-12(16(11)27-6)23-13-10-14(21)24-25-15(13)17(26)22-5/h7-10H,1-6H3,(H,22,26)(H,23,24). The van der Waals surface area contributed by atoms with Crippen LogP contribution in [0.3, 0.4) is 0 Å². The molecular formula is C19H24BClN4O4. The van der Waals surface area contributed by atoms with Crippen LogP contribution in [0.4, 0.5) is 11.4 Å². The van der Waals surface area contributed by atoms with E-state index < -0.39 is 24.2 Å². The molecule has 1 aliphatic rings. The quantitative estimate of drug-likeness (QED) is 0.721. The first-order valence-corrected chi connectivity index (χ1v) is 9.52. The van der Waals surface area contributed by atoms with Gasteiger partial charge in [0, 0.05) is 18.6 Å². The van der Waals surface area contributed by atoms with Gasteiger partial charge in [0.15, 0.2) is 10.8 Å². The van der Waals surface area contributed by atoms with E-state index in [1.807, 2.05) is 45.9 Å². The molecule has 1 saturated heterocycles. The lowest BCUT2D eigenvalue weighted by atomic mass is 9.78. The number of nitrogens with zero attached hydrogens (tertiary/aromatic N) is 2. The maximum Gasteiger partial charge on any atom is 0.498 e. The van der Waals surface area contributed by atoms with E-state index in [4.69, 9.17) is 25.6 Å². The Kier molecular flexibility index (Phi) is 5.75. The molecule has 1 fully saturated rings. The molecule has 2 aromatic rings. The molecule has 3 rings (SSSR count). The smallest absolute Gasteiger partial charge is 0.495 e. The number of nitrogens with one attached hydrogen (secondary N) is 2. The number of hydrogen-bond donors (Lipinski definition) is 2. The van der Waals surface area contributed by atoms with Crippen LogP contribution in [0.5, 0.6) is 5.75 Å². The van der Waals surface area contributed by atoms with Crippen LogP contribution in [0.25, 0.3) is 0 Å². The van der Waals surface area contributed by atoms with Gasteiger partial charge in [0.25, 0.3) is 5.91 Å². The monoisotopic (exact) mass is 418 g/mol. The van der Waals surface area contributed by atoms with Gasteiger partial charge in [-0.15, -0.1) is 10.2 Å². The van der Waals surface area contributed by atoms with Crippen molar-refractivity contribution >= 4 is 41.5 Å². The Morgan fingerprint density at radius 1 is 1.14 bits per heavy atom. The molecule has 10 heteroatoms. The lowest BCUT2D eigenvalue weighted by Crippen LogP contribution is -2.41. The molecule has 0 radical (unpaired) electrons. The van der Waals surface area contributed by atoms with Crippen LogP contribution in [0.15, 0.2) is 24.3 Å². The summed E-state index contributed by atoms with van der Waals surface area (Å²) in [7, 11) is 2.48. The van der Waals surface area contributed by atoms with Crippen molar-refractivity contribution in [1.82, 2.24) is 15.5 Å². The number of methoxy groups -OCH3 is 1. The van der Waals surface area contributed by atoms with Crippen LogP contribution in [0, 0.1) is 0 Å². The normalized spacial score (nSPS) is 17.1. The molecule has 2 heterocycles. The van der Waals surface area contributed by atoms with Gasteiger partial charge in [-0.1, -0.05) is 23.7 Å². The average molecular weight is 419 g/mol. The number of rotatable bonds is 5. The van der Waals surface area contributed by atoms with Gasteiger partial charge in [0.2, 0.25) is 0 Å².